The van der Waals surface area contributed by atoms with E-state index in [0.717, 1.165) is 8.29 Å². The van der Waals surface area contributed by atoms with Crippen molar-refractivity contribution in [2.24, 2.45) is 0 Å². The number of nitrogens with one attached hydrogen (secondary N) is 1. The topological polar surface area (TPSA) is 72.5 Å². The lowest BCUT2D eigenvalue weighted by molar-refractivity contribution is 0.206. The fraction of sp³-hybridized carbons (Fsp3) is 0. The lowest BCUT2D eigenvalue weighted by Gasteiger charge is -2.12. The van der Waals surface area contributed by atoms with Crippen molar-refractivity contribution >= 4 is 83.9 Å². The number of hydrogen-bond donors (Lipinski definition) is 1. The van der Waals surface area contributed by atoms with E-state index in [-0.39, 0.29) is 5.75 Å². The Labute approximate surface area is 189 Å². The minimum atomic E-state index is -5.46. The van der Waals surface area contributed by atoms with Crippen molar-refractivity contribution < 1.29 is 39.9 Å². The first kappa shape index (κ1) is 22.8. The molecule has 14 heteroatoms. The summed E-state index contributed by atoms with van der Waals surface area (Å²) in [6, 6.07) is 3.18. The number of amides is 1. The number of ether oxygens (including phenoxy) is 1. The van der Waals surface area contributed by atoms with Crippen molar-refractivity contribution in [2.75, 3.05) is 0 Å². The number of hydrogen-bond acceptors (Lipinski definition) is 4. The summed E-state index contributed by atoms with van der Waals surface area (Å²) in [6.07, 6.45) is -1.70. The molecule has 1 N–H and O–H groups in total. The van der Waals surface area contributed by atoms with E-state index in [1.165, 1.54) is 0 Å². The van der Waals surface area contributed by atoms with Gasteiger partial charge in [-0.15, -0.1) is 0 Å². The smallest absolute Gasteiger partial charge is 0.407 e. The van der Waals surface area contributed by atoms with Crippen molar-refractivity contribution in [1.29, 1.82) is 0 Å². The highest BCUT2D eigenvalue weighted by Gasteiger charge is 2.35. The van der Waals surface area contributed by atoms with Crippen molar-refractivity contribution in [3.63, 3.8) is 0 Å². The van der Waals surface area contributed by atoms with Gasteiger partial charge in [0, 0.05) is 3.57 Å². The van der Waals surface area contributed by atoms with Crippen LogP contribution in [0.3, 0.4) is 0 Å². The van der Waals surface area contributed by atoms with Gasteiger partial charge in [0.2, 0.25) is 5.82 Å². The third-order valence-corrected chi connectivity index (χ3v) is 6.37. The van der Waals surface area contributed by atoms with Gasteiger partial charge in [-0.2, -0.15) is 0 Å². The SMILES string of the molecule is O=C(NS(=O)(=O)c1c(F)c(F)c(F)c(F)c1F)Oc1c(I)cc(I)cc1I. The van der Waals surface area contributed by atoms with Gasteiger partial charge in [0.15, 0.2) is 33.9 Å². The van der Waals surface area contributed by atoms with E-state index in [1.807, 2.05) is 22.6 Å². The number of carbonyl (C=O) groups excluding carboxylic acids is 1. The van der Waals surface area contributed by atoms with Gasteiger partial charge in [0.1, 0.15) is 0 Å². The highest BCUT2D eigenvalue weighted by Crippen LogP contribution is 2.30. The van der Waals surface area contributed by atoms with Crippen LogP contribution in [-0.2, 0) is 10.0 Å². The quantitative estimate of drug-likeness (QED) is 0.215. The maximum atomic E-state index is 13.7. The molecule has 0 aliphatic heterocycles. The monoisotopic (exact) mass is 745 g/mol. The Kier molecular flexibility index (Phi) is 7.15. The van der Waals surface area contributed by atoms with E-state index in [2.05, 4.69) is 0 Å². The molecule has 0 saturated carbocycles. The molecule has 0 aromatic heterocycles. The van der Waals surface area contributed by atoms with Gasteiger partial charge >= 0.3 is 6.09 Å². The fourth-order valence-electron chi connectivity index (χ4n) is 1.72. The first-order valence-electron chi connectivity index (χ1n) is 6.27. The lowest BCUT2D eigenvalue weighted by atomic mass is 10.3. The van der Waals surface area contributed by atoms with E-state index in [1.54, 1.807) is 57.3 Å². The summed E-state index contributed by atoms with van der Waals surface area (Å²) in [6.45, 7) is 0. The first-order chi connectivity index (χ1) is 12.4. The van der Waals surface area contributed by atoms with Crippen LogP contribution in [0.15, 0.2) is 17.0 Å². The summed E-state index contributed by atoms with van der Waals surface area (Å²) in [7, 11) is -5.46. The standard InChI is InChI=1S/C13H3F5I3NO4S/c14-6-7(15)9(17)12(10(18)8(6)16)27(24,25)22-13(23)26-11-4(20)1-3(19)2-5(11)21/h1-2H,(H,22,23). The van der Waals surface area contributed by atoms with E-state index >= 15 is 0 Å². The molecule has 2 rings (SSSR count). The van der Waals surface area contributed by atoms with Crippen molar-refractivity contribution in [2.45, 2.75) is 4.90 Å². The van der Waals surface area contributed by atoms with Gasteiger partial charge in [-0.1, -0.05) is 0 Å². The molecule has 0 unspecified atom stereocenters. The Morgan fingerprint density at radius 3 is 1.70 bits per heavy atom. The molecule has 0 aliphatic rings. The molecule has 0 spiro atoms. The molecule has 0 bridgehead atoms. The number of sulfonamides is 1. The van der Waals surface area contributed by atoms with Crippen LogP contribution in [0.25, 0.3) is 0 Å². The summed E-state index contributed by atoms with van der Waals surface area (Å²) in [5.74, 6) is -12.7. The normalized spacial score (nSPS) is 11.4. The molecular formula is C13H3F5I3NO4S. The Morgan fingerprint density at radius 1 is 0.852 bits per heavy atom. The average molecular weight is 745 g/mol. The molecule has 2 aromatic carbocycles. The molecule has 1 amide bonds. The molecule has 0 aliphatic carbocycles. The van der Waals surface area contributed by atoms with Gasteiger partial charge in [0.25, 0.3) is 10.0 Å². The molecule has 146 valence electrons. The van der Waals surface area contributed by atoms with Crippen LogP contribution < -0.4 is 9.46 Å². The number of carbonyl (C=O) groups is 1. The van der Waals surface area contributed by atoms with Crippen LogP contribution in [0.2, 0.25) is 0 Å². The molecular weight excluding hydrogens is 742 g/mol. The van der Waals surface area contributed by atoms with Gasteiger partial charge in [-0.3, -0.25) is 0 Å². The Balaban J connectivity index is 2.40. The maximum Gasteiger partial charge on any atom is 0.426 e. The second-order valence-corrected chi connectivity index (χ2v) is 9.78. The minimum Gasteiger partial charge on any atom is -0.407 e. The first-order valence-corrected chi connectivity index (χ1v) is 11.0. The van der Waals surface area contributed by atoms with Gasteiger partial charge in [-0.25, -0.2) is 39.9 Å². The summed E-state index contributed by atoms with van der Waals surface area (Å²) in [5, 5.41) is 0. The summed E-state index contributed by atoms with van der Waals surface area (Å²) < 4.78 is 98.1. The Bertz CT molecular complexity index is 1010. The molecule has 0 atom stereocenters. The van der Waals surface area contributed by atoms with E-state index in [0.29, 0.717) is 7.14 Å². The maximum absolute atomic E-state index is 13.7. The number of benzene rings is 2. The van der Waals surface area contributed by atoms with Crippen LogP contribution in [-0.4, -0.2) is 14.5 Å². The minimum absolute atomic E-state index is 0.0540. The van der Waals surface area contributed by atoms with Gasteiger partial charge < -0.3 is 4.74 Å². The zero-order valence-corrected chi connectivity index (χ0v) is 19.5. The van der Waals surface area contributed by atoms with E-state index in [4.69, 9.17) is 4.74 Å². The van der Waals surface area contributed by atoms with E-state index < -0.39 is 50.1 Å². The predicted molar refractivity (Wildman–Crippen MR) is 107 cm³/mol. The fourth-order valence-corrected chi connectivity index (χ4v) is 6.54. The second kappa shape index (κ2) is 8.47. The predicted octanol–water partition coefficient (Wildman–Crippen LogP) is 4.67. The third kappa shape index (κ3) is 4.74. The largest absolute Gasteiger partial charge is 0.426 e. The third-order valence-electron chi connectivity index (χ3n) is 2.81. The van der Waals surface area contributed by atoms with Crippen molar-refractivity contribution in [3.8, 4) is 5.75 Å². The molecule has 2 aromatic rings. The summed E-state index contributed by atoms with van der Waals surface area (Å²) in [5.41, 5.74) is 0. The summed E-state index contributed by atoms with van der Waals surface area (Å²) in [4.78, 5) is 9.63. The van der Waals surface area contributed by atoms with E-state index in [9.17, 15) is 35.2 Å². The van der Waals surface area contributed by atoms with Crippen molar-refractivity contribution in [3.05, 3.63) is 51.9 Å². The highest BCUT2D eigenvalue weighted by molar-refractivity contribution is 14.1. The van der Waals surface area contributed by atoms with Gasteiger partial charge in [-0.05, 0) is 79.9 Å². The lowest BCUT2D eigenvalue weighted by Crippen LogP contribution is -2.35. The van der Waals surface area contributed by atoms with Gasteiger partial charge in [0.05, 0.1) is 7.14 Å². The van der Waals surface area contributed by atoms with Crippen LogP contribution in [0.4, 0.5) is 26.7 Å². The molecule has 0 saturated heterocycles. The second-order valence-electron chi connectivity index (χ2n) is 4.59. The summed E-state index contributed by atoms with van der Waals surface area (Å²) >= 11 is 5.56. The van der Waals surface area contributed by atoms with Crippen molar-refractivity contribution in [1.82, 2.24) is 4.72 Å². The number of rotatable bonds is 3. The van der Waals surface area contributed by atoms with Crippen LogP contribution in [0.5, 0.6) is 5.75 Å². The molecule has 27 heavy (non-hydrogen) atoms. The highest BCUT2D eigenvalue weighted by atomic mass is 127. The molecule has 0 heterocycles. The van der Waals surface area contributed by atoms with Crippen LogP contribution in [0.1, 0.15) is 0 Å². The Hall–Kier alpha value is -0.500. The zero-order chi connectivity index (χ0) is 20.7. The van der Waals surface area contributed by atoms with Crippen LogP contribution in [0, 0.1) is 39.8 Å². The molecule has 0 fully saturated rings. The molecule has 0 radical (unpaired) electrons. The zero-order valence-electron chi connectivity index (χ0n) is 12.2. The molecule has 5 nitrogen and oxygen atoms in total. The number of halogens is 8. The Morgan fingerprint density at radius 2 is 1.26 bits per heavy atom. The van der Waals surface area contributed by atoms with Crippen LogP contribution >= 0.6 is 67.8 Å². The average Bonchev–Trinajstić information content (AvgIpc) is 2.53.